The highest BCUT2D eigenvalue weighted by Crippen LogP contribution is 2.23. The Kier molecular flexibility index (Phi) is 7.11. The molecule has 0 unspecified atom stereocenters. The van der Waals surface area contributed by atoms with E-state index in [2.05, 4.69) is 35.6 Å². The molecule has 9 nitrogen and oxygen atoms in total. The predicted molar refractivity (Wildman–Crippen MR) is 125 cm³/mol. The Balaban J connectivity index is 1.54. The average Bonchev–Trinajstić information content (AvgIpc) is 2.86. The first-order valence-corrected chi connectivity index (χ1v) is 10.6. The van der Waals surface area contributed by atoms with Crippen LogP contribution in [0.3, 0.4) is 0 Å². The summed E-state index contributed by atoms with van der Waals surface area (Å²) in [5.74, 6) is 1.20. The fourth-order valence-corrected chi connectivity index (χ4v) is 3.04. The average molecular weight is 441 g/mol. The maximum atomic E-state index is 12.5. The van der Waals surface area contributed by atoms with E-state index in [1.54, 1.807) is 25.4 Å². The van der Waals surface area contributed by atoms with Crippen molar-refractivity contribution >= 4 is 23.6 Å². The molecular weight excluding hydrogens is 418 g/mol. The van der Waals surface area contributed by atoms with E-state index >= 15 is 0 Å². The van der Waals surface area contributed by atoms with Gasteiger partial charge in [-0.25, -0.2) is 19.7 Å². The number of nitrogens with one attached hydrogen (secondary N) is 2. The molecule has 0 aliphatic rings. The molecule has 1 aromatic carbocycles. The zero-order chi connectivity index (χ0) is 22.9. The van der Waals surface area contributed by atoms with Gasteiger partial charge in [0, 0.05) is 42.8 Å². The van der Waals surface area contributed by atoms with E-state index in [1.165, 1.54) is 6.20 Å². The minimum absolute atomic E-state index is 0.222. The van der Waals surface area contributed by atoms with Gasteiger partial charge >= 0.3 is 5.97 Å². The number of anilines is 3. The Morgan fingerprint density at radius 1 is 0.939 bits per heavy atom. The Bertz CT molecular complexity index is 1200. The number of ether oxygens (including phenoxy) is 1. The van der Waals surface area contributed by atoms with Crippen LogP contribution in [-0.2, 0) is 11.2 Å². The molecule has 4 aromatic rings. The minimum atomic E-state index is -0.512. The number of carbonyl (C=O) groups is 1. The molecule has 0 spiro atoms. The van der Waals surface area contributed by atoms with E-state index in [4.69, 9.17) is 4.74 Å². The zero-order valence-electron chi connectivity index (χ0n) is 18.1. The van der Waals surface area contributed by atoms with E-state index in [9.17, 15) is 4.79 Å². The van der Waals surface area contributed by atoms with Crippen molar-refractivity contribution in [1.82, 2.24) is 24.9 Å². The lowest BCUT2D eigenvalue weighted by molar-refractivity contribution is 0.0526. The van der Waals surface area contributed by atoms with Crippen LogP contribution in [0.4, 0.5) is 17.6 Å². The third-order valence-corrected chi connectivity index (χ3v) is 4.61. The molecule has 0 fully saturated rings. The fourth-order valence-electron chi connectivity index (χ4n) is 3.04. The minimum Gasteiger partial charge on any atom is -0.462 e. The van der Waals surface area contributed by atoms with E-state index in [1.807, 2.05) is 48.5 Å². The molecule has 9 heteroatoms. The first-order chi connectivity index (χ1) is 16.2. The Morgan fingerprint density at radius 3 is 2.58 bits per heavy atom. The summed E-state index contributed by atoms with van der Waals surface area (Å²) in [4.78, 5) is 34.4. The third-order valence-electron chi connectivity index (χ3n) is 4.61. The molecule has 0 bridgehead atoms. The lowest BCUT2D eigenvalue weighted by Gasteiger charge is -2.12. The molecule has 0 saturated heterocycles. The van der Waals surface area contributed by atoms with Crippen LogP contribution in [0.25, 0.3) is 11.4 Å². The molecular formula is C24H23N7O2. The molecule has 33 heavy (non-hydrogen) atoms. The van der Waals surface area contributed by atoms with Gasteiger partial charge in [0.05, 0.1) is 6.61 Å². The van der Waals surface area contributed by atoms with Crippen molar-refractivity contribution in [3.63, 3.8) is 0 Å². The number of nitrogens with zero attached hydrogens (tertiary/aromatic N) is 5. The second-order valence-corrected chi connectivity index (χ2v) is 6.93. The van der Waals surface area contributed by atoms with Gasteiger partial charge in [-0.05, 0) is 25.1 Å². The molecule has 0 saturated carbocycles. The normalized spacial score (nSPS) is 10.5. The molecule has 0 amide bonds. The van der Waals surface area contributed by atoms with Gasteiger partial charge < -0.3 is 15.4 Å². The van der Waals surface area contributed by atoms with E-state index in [0.717, 1.165) is 17.7 Å². The van der Waals surface area contributed by atoms with Crippen molar-refractivity contribution < 1.29 is 9.53 Å². The molecule has 0 atom stereocenters. The summed E-state index contributed by atoms with van der Waals surface area (Å²) in [5.41, 5.74) is 2.03. The summed E-state index contributed by atoms with van der Waals surface area (Å²) in [5, 5.41) is 6.30. The van der Waals surface area contributed by atoms with Crippen LogP contribution in [0.1, 0.15) is 23.0 Å². The number of aromatic nitrogens is 5. The number of carbonyl (C=O) groups excluding carboxylic acids is 1. The van der Waals surface area contributed by atoms with Crippen molar-refractivity contribution in [3.05, 3.63) is 84.4 Å². The second-order valence-electron chi connectivity index (χ2n) is 6.93. The number of hydrogen-bond donors (Lipinski definition) is 2. The van der Waals surface area contributed by atoms with Gasteiger partial charge in [0.2, 0.25) is 5.95 Å². The van der Waals surface area contributed by atoms with Gasteiger partial charge in [-0.3, -0.25) is 4.98 Å². The van der Waals surface area contributed by atoms with Crippen LogP contribution in [0.5, 0.6) is 0 Å². The van der Waals surface area contributed by atoms with Crippen LogP contribution in [0.15, 0.2) is 73.2 Å². The fraction of sp³-hybridized carbons (Fsp3) is 0.167. The van der Waals surface area contributed by atoms with E-state index < -0.39 is 5.97 Å². The number of esters is 1. The Hall–Kier alpha value is -4.40. The first-order valence-electron chi connectivity index (χ1n) is 10.6. The Morgan fingerprint density at radius 2 is 1.79 bits per heavy atom. The molecule has 0 aliphatic carbocycles. The molecule has 3 heterocycles. The zero-order valence-corrected chi connectivity index (χ0v) is 18.1. The SMILES string of the molecule is CCOC(=O)c1cnc(-c2ccccc2)nc1Nc1ccnc(NCCc2ccccn2)n1. The summed E-state index contributed by atoms with van der Waals surface area (Å²) >= 11 is 0. The van der Waals surface area contributed by atoms with E-state index in [0.29, 0.717) is 30.0 Å². The largest absolute Gasteiger partial charge is 0.462 e. The second kappa shape index (κ2) is 10.8. The van der Waals surface area contributed by atoms with Crippen LogP contribution < -0.4 is 10.6 Å². The molecule has 166 valence electrons. The van der Waals surface area contributed by atoms with E-state index in [-0.39, 0.29) is 12.2 Å². The molecule has 0 radical (unpaired) electrons. The topological polar surface area (TPSA) is 115 Å². The van der Waals surface area contributed by atoms with Gasteiger partial charge in [0.25, 0.3) is 0 Å². The number of benzene rings is 1. The van der Waals surface area contributed by atoms with Crippen LogP contribution >= 0.6 is 0 Å². The van der Waals surface area contributed by atoms with Gasteiger partial charge in [-0.15, -0.1) is 0 Å². The summed E-state index contributed by atoms with van der Waals surface area (Å²) < 4.78 is 5.16. The summed E-state index contributed by atoms with van der Waals surface area (Å²) in [6, 6.07) is 17.0. The van der Waals surface area contributed by atoms with Crippen molar-refractivity contribution in [3.8, 4) is 11.4 Å². The predicted octanol–water partition coefficient (Wildman–Crippen LogP) is 3.90. The highest BCUT2D eigenvalue weighted by Gasteiger charge is 2.17. The Labute approximate surface area is 191 Å². The van der Waals surface area contributed by atoms with Gasteiger partial charge in [-0.1, -0.05) is 36.4 Å². The molecule has 0 aliphatic heterocycles. The monoisotopic (exact) mass is 441 g/mol. The van der Waals surface area contributed by atoms with Crippen molar-refractivity contribution in [1.29, 1.82) is 0 Å². The van der Waals surface area contributed by atoms with Gasteiger partial charge in [0.1, 0.15) is 17.2 Å². The third kappa shape index (κ3) is 5.85. The number of rotatable bonds is 9. The maximum absolute atomic E-state index is 12.5. The first kappa shape index (κ1) is 21.8. The summed E-state index contributed by atoms with van der Waals surface area (Å²) in [6.07, 6.45) is 5.59. The highest BCUT2D eigenvalue weighted by molar-refractivity contribution is 5.95. The van der Waals surface area contributed by atoms with Crippen LogP contribution in [-0.4, -0.2) is 44.0 Å². The molecule has 4 rings (SSSR count). The lowest BCUT2D eigenvalue weighted by atomic mass is 10.2. The number of pyridine rings is 1. The van der Waals surface area contributed by atoms with Gasteiger partial charge in [0.15, 0.2) is 5.82 Å². The maximum Gasteiger partial charge on any atom is 0.343 e. The number of hydrogen-bond acceptors (Lipinski definition) is 9. The van der Waals surface area contributed by atoms with Crippen LogP contribution in [0, 0.1) is 0 Å². The van der Waals surface area contributed by atoms with Crippen LogP contribution in [0.2, 0.25) is 0 Å². The van der Waals surface area contributed by atoms with Crippen molar-refractivity contribution in [2.75, 3.05) is 23.8 Å². The summed E-state index contributed by atoms with van der Waals surface area (Å²) in [6.45, 7) is 2.62. The standard InChI is InChI=1S/C24H23N7O2/c1-2-33-23(32)19-16-28-21(17-8-4-3-5-9-17)31-22(19)29-20-12-15-27-24(30-20)26-14-11-18-10-6-7-13-25-18/h3-10,12-13,15-16H,2,11,14H2,1H3,(H2,26,27,28,29,30,31). The quantitative estimate of drug-likeness (QED) is 0.373. The lowest BCUT2D eigenvalue weighted by Crippen LogP contribution is -2.12. The van der Waals surface area contributed by atoms with Crippen molar-refractivity contribution in [2.45, 2.75) is 13.3 Å². The molecule has 2 N–H and O–H groups in total. The van der Waals surface area contributed by atoms with Gasteiger partial charge in [-0.2, -0.15) is 4.98 Å². The van der Waals surface area contributed by atoms with Crippen molar-refractivity contribution in [2.24, 2.45) is 0 Å². The highest BCUT2D eigenvalue weighted by atomic mass is 16.5. The smallest absolute Gasteiger partial charge is 0.343 e. The summed E-state index contributed by atoms with van der Waals surface area (Å²) in [7, 11) is 0. The molecule has 3 aromatic heterocycles.